The van der Waals surface area contributed by atoms with Crippen molar-refractivity contribution in [3.05, 3.63) is 29.3 Å². The summed E-state index contributed by atoms with van der Waals surface area (Å²) in [6, 6.07) is 6.24. The minimum absolute atomic E-state index is 0. The summed E-state index contributed by atoms with van der Waals surface area (Å²) >= 11 is 0. The number of anilines is 1. The Morgan fingerprint density at radius 3 is 2.53 bits per heavy atom. The average Bonchev–Trinajstić information content (AvgIpc) is 3.12. The Balaban J connectivity index is 0.00000180. The molecule has 0 atom stereocenters. The van der Waals surface area contributed by atoms with Crippen molar-refractivity contribution in [3.8, 4) is 0 Å². The van der Waals surface area contributed by atoms with E-state index in [1.54, 1.807) is 0 Å². The molecule has 0 spiro atoms. The zero-order chi connectivity index (χ0) is 13.2. The van der Waals surface area contributed by atoms with E-state index in [1.807, 2.05) is 6.07 Å². The van der Waals surface area contributed by atoms with Crippen molar-refractivity contribution >= 4 is 35.6 Å². The molecule has 106 valence electrons. The summed E-state index contributed by atoms with van der Waals surface area (Å²) in [4.78, 5) is 4.46. The molecular formula is C15H24IN3. The molecule has 4 heteroatoms. The molecule has 19 heavy (non-hydrogen) atoms. The van der Waals surface area contributed by atoms with Gasteiger partial charge in [0.1, 0.15) is 0 Å². The number of nitrogens with two attached hydrogens (primary N) is 1. The molecule has 3 nitrogen and oxygen atoms in total. The molecule has 0 bridgehead atoms. The van der Waals surface area contributed by atoms with Crippen LogP contribution in [-0.4, -0.2) is 12.5 Å². The van der Waals surface area contributed by atoms with Gasteiger partial charge in [0.15, 0.2) is 5.96 Å². The van der Waals surface area contributed by atoms with Crippen molar-refractivity contribution in [3.63, 3.8) is 0 Å². The van der Waals surface area contributed by atoms with E-state index >= 15 is 0 Å². The predicted molar refractivity (Wildman–Crippen MR) is 93.4 cm³/mol. The van der Waals surface area contributed by atoms with E-state index in [2.05, 4.69) is 43.2 Å². The Labute approximate surface area is 133 Å². The van der Waals surface area contributed by atoms with Crippen molar-refractivity contribution in [2.75, 3.05) is 11.9 Å². The van der Waals surface area contributed by atoms with Gasteiger partial charge < -0.3 is 11.1 Å². The van der Waals surface area contributed by atoms with E-state index in [-0.39, 0.29) is 24.0 Å². The second-order valence-electron chi connectivity index (χ2n) is 5.48. The van der Waals surface area contributed by atoms with Gasteiger partial charge in [-0.05, 0) is 61.8 Å². The Kier molecular flexibility index (Phi) is 5.64. The number of aliphatic imine (C=N–C) groups is 1. The highest BCUT2D eigenvalue weighted by molar-refractivity contribution is 14.0. The quantitative estimate of drug-likeness (QED) is 0.479. The number of benzene rings is 1. The van der Waals surface area contributed by atoms with Gasteiger partial charge in [-0.25, -0.2) is 0 Å². The second-order valence-corrected chi connectivity index (χ2v) is 5.48. The summed E-state index contributed by atoms with van der Waals surface area (Å²) in [5.41, 5.74) is 9.95. The number of guanidine groups is 1. The largest absolute Gasteiger partial charge is 0.370 e. The molecule has 0 aliphatic heterocycles. The third-order valence-corrected chi connectivity index (χ3v) is 4.07. The molecule has 2 rings (SSSR count). The molecule has 1 aromatic rings. The van der Waals surface area contributed by atoms with Crippen LogP contribution in [0.4, 0.5) is 5.69 Å². The van der Waals surface area contributed by atoms with Gasteiger partial charge in [0.25, 0.3) is 0 Å². The monoisotopic (exact) mass is 373 g/mol. The Morgan fingerprint density at radius 2 is 2.00 bits per heavy atom. The minimum atomic E-state index is 0. The molecule has 0 radical (unpaired) electrons. The van der Waals surface area contributed by atoms with Crippen LogP contribution >= 0.6 is 24.0 Å². The highest BCUT2D eigenvalue weighted by Gasteiger charge is 2.40. The fourth-order valence-electron chi connectivity index (χ4n) is 2.06. The molecular weight excluding hydrogens is 349 g/mol. The van der Waals surface area contributed by atoms with Crippen LogP contribution < -0.4 is 11.1 Å². The van der Waals surface area contributed by atoms with E-state index in [0.717, 1.165) is 12.2 Å². The normalized spacial score (nSPS) is 16.7. The molecule has 0 aromatic heterocycles. The zero-order valence-corrected chi connectivity index (χ0v) is 14.3. The van der Waals surface area contributed by atoms with Gasteiger partial charge in [-0.2, -0.15) is 0 Å². The molecule has 0 heterocycles. The number of halogens is 1. The van der Waals surface area contributed by atoms with Gasteiger partial charge >= 0.3 is 0 Å². The van der Waals surface area contributed by atoms with Gasteiger partial charge in [0.05, 0.1) is 0 Å². The zero-order valence-electron chi connectivity index (χ0n) is 12.0. The fraction of sp³-hybridized carbons (Fsp3) is 0.533. The highest BCUT2D eigenvalue weighted by atomic mass is 127. The lowest BCUT2D eigenvalue weighted by Gasteiger charge is -2.11. The Morgan fingerprint density at radius 1 is 1.32 bits per heavy atom. The molecule has 0 amide bonds. The van der Waals surface area contributed by atoms with Crippen LogP contribution in [0.25, 0.3) is 0 Å². The lowest BCUT2D eigenvalue weighted by molar-refractivity contribution is 0.506. The maximum Gasteiger partial charge on any atom is 0.193 e. The lowest BCUT2D eigenvalue weighted by atomic mass is 10.1. The maximum atomic E-state index is 5.92. The van der Waals surface area contributed by atoms with Crippen LogP contribution in [0.15, 0.2) is 23.2 Å². The first-order chi connectivity index (χ1) is 8.54. The first-order valence-electron chi connectivity index (χ1n) is 6.69. The number of hydrogen-bond acceptors (Lipinski definition) is 1. The summed E-state index contributed by atoms with van der Waals surface area (Å²) in [6.45, 7) is 7.29. The van der Waals surface area contributed by atoms with Crippen molar-refractivity contribution in [1.29, 1.82) is 0 Å². The molecule has 0 unspecified atom stereocenters. The number of nitrogens with one attached hydrogen (secondary N) is 1. The van der Waals surface area contributed by atoms with E-state index in [1.165, 1.54) is 30.4 Å². The number of aryl methyl sites for hydroxylation is 2. The highest BCUT2D eigenvalue weighted by Crippen LogP contribution is 2.48. The molecule has 1 aromatic carbocycles. The summed E-state index contributed by atoms with van der Waals surface area (Å²) in [6.07, 6.45) is 3.79. The Bertz CT molecular complexity index is 464. The predicted octanol–water partition coefficient (Wildman–Crippen LogP) is 3.84. The molecule has 0 saturated heterocycles. The van der Waals surface area contributed by atoms with Gasteiger partial charge in [0, 0.05) is 12.2 Å². The van der Waals surface area contributed by atoms with Gasteiger partial charge in [-0.15, -0.1) is 24.0 Å². The summed E-state index contributed by atoms with van der Waals surface area (Å²) in [7, 11) is 0. The van der Waals surface area contributed by atoms with Crippen LogP contribution in [0.3, 0.4) is 0 Å². The van der Waals surface area contributed by atoms with Gasteiger partial charge in [-0.3, -0.25) is 4.99 Å². The minimum Gasteiger partial charge on any atom is -0.370 e. The van der Waals surface area contributed by atoms with Crippen LogP contribution in [0.1, 0.15) is 37.3 Å². The summed E-state index contributed by atoms with van der Waals surface area (Å²) < 4.78 is 0. The lowest BCUT2D eigenvalue weighted by Crippen LogP contribution is -2.24. The standard InChI is InChI=1S/C15H23N3.HI/c1-4-15(7-8-15)10-17-14(16)18-13-6-5-11(2)12(3)9-13;/h5-6,9H,4,7-8,10H2,1-3H3,(H3,16,17,18);1H. The first-order valence-corrected chi connectivity index (χ1v) is 6.69. The summed E-state index contributed by atoms with van der Waals surface area (Å²) in [5.74, 6) is 0.526. The average molecular weight is 373 g/mol. The van der Waals surface area contributed by atoms with Crippen molar-refractivity contribution in [2.24, 2.45) is 16.1 Å². The second kappa shape index (κ2) is 6.59. The SMILES string of the molecule is CCC1(CN=C(N)Nc2ccc(C)c(C)c2)CC1.I. The van der Waals surface area contributed by atoms with Crippen LogP contribution in [0.2, 0.25) is 0 Å². The first kappa shape index (κ1) is 16.3. The number of nitrogens with zero attached hydrogens (tertiary/aromatic N) is 1. The fourth-order valence-corrected chi connectivity index (χ4v) is 2.06. The van der Waals surface area contributed by atoms with Gasteiger partial charge in [-0.1, -0.05) is 13.0 Å². The smallest absolute Gasteiger partial charge is 0.193 e. The van der Waals surface area contributed by atoms with E-state index in [9.17, 15) is 0 Å². The third kappa shape index (κ3) is 4.37. The molecule has 1 fully saturated rings. The van der Waals surface area contributed by atoms with Crippen molar-refractivity contribution in [1.82, 2.24) is 0 Å². The van der Waals surface area contributed by atoms with E-state index < -0.39 is 0 Å². The van der Waals surface area contributed by atoms with Gasteiger partial charge in [0.2, 0.25) is 0 Å². The Hall–Kier alpha value is -0.780. The number of rotatable bonds is 4. The van der Waals surface area contributed by atoms with Crippen molar-refractivity contribution < 1.29 is 0 Å². The van der Waals surface area contributed by atoms with Crippen LogP contribution in [-0.2, 0) is 0 Å². The van der Waals surface area contributed by atoms with E-state index in [4.69, 9.17) is 5.73 Å². The topological polar surface area (TPSA) is 50.4 Å². The molecule has 1 saturated carbocycles. The van der Waals surface area contributed by atoms with Crippen molar-refractivity contribution in [2.45, 2.75) is 40.0 Å². The maximum absolute atomic E-state index is 5.92. The molecule has 1 aliphatic rings. The van der Waals surface area contributed by atoms with E-state index in [0.29, 0.717) is 11.4 Å². The van der Waals surface area contributed by atoms with Crippen LogP contribution in [0.5, 0.6) is 0 Å². The van der Waals surface area contributed by atoms with Crippen LogP contribution in [0, 0.1) is 19.3 Å². The molecule has 3 N–H and O–H groups in total. The summed E-state index contributed by atoms with van der Waals surface area (Å²) in [5, 5.41) is 3.16. The third-order valence-electron chi connectivity index (χ3n) is 4.07. The number of hydrogen-bond donors (Lipinski definition) is 2. The molecule has 1 aliphatic carbocycles.